The Bertz CT molecular complexity index is 1050. The standard InChI is InChI=1S/C19H19FN6O/c1-11-9-26-10-13(4-14(20)17(26)24-11)25-18(27)15-7-23-16(8-22-15)19-2-3-21-6-12(19)5-19/h4,7-10,12,21H,2-3,5-6H2,1H3,(H,25,27)/t12-,19+/m0/s1. The van der Waals surface area contributed by atoms with Crippen LogP contribution < -0.4 is 10.6 Å². The molecule has 0 spiro atoms. The van der Waals surface area contributed by atoms with Crippen molar-refractivity contribution in [2.24, 2.45) is 5.92 Å². The van der Waals surface area contributed by atoms with Crippen LogP contribution in [0.2, 0.25) is 0 Å². The van der Waals surface area contributed by atoms with Crippen LogP contribution in [0.25, 0.3) is 5.65 Å². The van der Waals surface area contributed by atoms with Crippen molar-refractivity contribution in [2.45, 2.75) is 25.2 Å². The lowest BCUT2D eigenvalue weighted by atomic mass is 9.93. The Morgan fingerprint density at radius 1 is 1.37 bits per heavy atom. The van der Waals surface area contributed by atoms with Gasteiger partial charge in [0, 0.05) is 30.1 Å². The monoisotopic (exact) mass is 366 g/mol. The van der Waals surface area contributed by atoms with Gasteiger partial charge in [0.2, 0.25) is 0 Å². The Morgan fingerprint density at radius 3 is 3.04 bits per heavy atom. The second kappa shape index (κ2) is 5.82. The molecule has 0 radical (unpaired) electrons. The number of hydrogen-bond acceptors (Lipinski definition) is 5. The molecule has 1 aliphatic carbocycles. The number of piperidine rings is 1. The van der Waals surface area contributed by atoms with Crippen LogP contribution in [0.1, 0.15) is 34.7 Å². The minimum atomic E-state index is -0.493. The van der Waals surface area contributed by atoms with Crippen molar-refractivity contribution in [3.05, 3.63) is 53.8 Å². The van der Waals surface area contributed by atoms with E-state index in [2.05, 4.69) is 25.6 Å². The Hall–Kier alpha value is -2.87. The molecule has 7 nitrogen and oxygen atoms in total. The number of carbonyl (C=O) groups excluding carboxylic acids is 1. The Labute approximate surface area is 155 Å². The van der Waals surface area contributed by atoms with Gasteiger partial charge < -0.3 is 15.0 Å². The summed E-state index contributed by atoms with van der Waals surface area (Å²) >= 11 is 0. The number of nitrogens with zero attached hydrogens (tertiary/aromatic N) is 4. The van der Waals surface area contributed by atoms with Crippen molar-refractivity contribution < 1.29 is 9.18 Å². The van der Waals surface area contributed by atoms with Gasteiger partial charge in [0.25, 0.3) is 5.91 Å². The van der Waals surface area contributed by atoms with Gasteiger partial charge in [-0.05, 0) is 38.8 Å². The van der Waals surface area contributed by atoms with Crippen LogP contribution >= 0.6 is 0 Å². The average molecular weight is 366 g/mol. The molecule has 3 aromatic rings. The molecule has 8 heteroatoms. The molecule has 1 saturated carbocycles. The number of rotatable bonds is 3. The molecule has 5 rings (SSSR count). The van der Waals surface area contributed by atoms with Crippen molar-refractivity contribution in [1.82, 2.24) is 24.7 Å². The van der Waals surface area contributed by atoms with Crippen LogP contribution in [-0.4, -0.2) is 38.3 Å². The molecule has 0 bridgehead atoms. The first-order valence-electron chi connectivity index (χ1n) is 9.05. The fraction of sp³-hybridized carbons (Fsp3) is 0.368. The van der Waals surface area contributed by atoms with Gasteiger partial charge in [0.15, 0.2) is 11.5 Å². The van der Waals surface area contributed by atoms with Gasteiger partial charge in [-0.1, -0.05) is 0 Å². The van der Waals surface area contributed by atoms with E-state index in [0.29, 0.717) is 17.3 Å². The largest absolute Gasteiger partial charge is 0.319 e. The molecule has 138 valence electrons. The van der Waals surface area contributed by atoms with Crippen LogP contribution in [0.15, 0.2) is 30.9 Å². The topological polar surface area (TPSA) is 84.2 Å². The molecule has 2 aliphatic rings. The number of aryl methyl sites for hydroxylation is 1. The summed E-state index contributed by atoms with van der Waals surface area (Å²) in [4.78, 5) is 25.4. The average Bonchev–Trinajstić information content (AvgIpc) is 3.30. The number of imidazole rings is 1. The third kappa shape index (κ3) is 2.68. The first kappa shape index (κ1) is 16.3. The highest BCUT2D eigenvalue weighted by atomic mass is 19.1. The fourth-order valence-electron chi connectivity index (χ4n) is 4.13. The lowest BCUT2D eigenvalue weighted by Crippen LogP contribution is -2.32. The summed E-state index contributed by atoms with van der Waals surface area (Å²) in [5, 5.41) is 6.08. The number of amides is 1. The SMILES string of the molecule is Cc1cn2cc(NC(=O)c3cnc([C@@]45CCNC[C@@H]4C5)cn3)cc(F)c2n1. The number of aromatic nitrogens is 4. The number of hydrogen-bond donors (Lipinski definition) is 2. The highest BCUT2D eigenvalue weighted by molar-refractivity contribution is 6.02. The molecule has 1 amide bonds. The van der Waals surface area contributed by atoms with Gasteiger partial charge in [-0.3, -0.25) is 9.78 Å². The smallest absolute Gasteiger partial charge is 0.275 e. The van der Waals surface area contributed by atoms with Gasteiger partial charge in [0.05, 0.1) is 23.3 Å². The fourth-order valence-corrected chi connectivity index (χ4v) is 4.13. The van der Waals surface area contributed by atoms with E-state index in [1.54, 1.807) is 29.9 Å². The summed E-state index contributed by atoms with van der Waals surface area (Å²) in [6.45, 7) is 3.79. The molecule has 2 N–H and O–H groups in total. The van der Waals surface area contributed by atoms with Gasteiger partial charge in [0.1, 0.15) is 5.69 Å². The predicted octanol–water partition coefficient (Wildman–Crippen LogP) is 2.08. The van der Waals surface area contributed by atoms with Crippen molar-refractivity contribution in [1.29, 1.82) is 0 Å². The van der Waals surface area contributed by atoms with Gasteiger partial charge in [-0.15, -0.1) is 0 Å². The van der Waals surface area contributed by atoms with Crippen LogP contribution in [0.5, 0.6) is 0 Å². The lowest BCUT2D eigenvalue weighted by Gasteiger charge is -2.21. The Kier molecular flexibility index (Phi) is 3.51. The highest BCUT2D eigenvalue weighted by Gasteiger charge is 2.57. The van der Waals surface area contributed by atoms with E-state index in [-0.39, 0.29) is 16.8 Å². The maximum Gasteiger partial charge on any atom is 0.275 e. The summed E-state index contributed by atoms with van der Waals surface area (Å²) in [5.41, 5.74) is 2.59. The first-order valence-corrected chi connectivity index (χ1v) is 9.05. The van der Waals surface area contributed by atoms with E-state index in [1.165, 1.54) is 12.3 Å². The molecule has 1 saturated heterocycles. The summed E-state index contributed by atoms with van der Waals surface area (Å²) < 4.78 is 15.7. The zero-order valence-electron chi connectivity index (χ0n) is 14.9. The second-order valence-corrected chi connectivity index (χ2v) is 7.44. The summed E-state index contributed by atoms with van der Waals surface area (Å²) in [7, 11) is 0. The maximum absolute atomic E-state index is 14.2. The highest BCUT2D eigenvalue weighted by Crippen LogP contribution is 2.56. The zero-order valence-corrected chi connectivity index (χ0v) is 14.9. The molecular weight excluding hydrogens is 347 g/mol. The number of fused-ring (bicyclic) bond motifs is 2. The number of nitrogens with one attached hydrogen (secondary N) is 2. The first-order chi connectivity index (χ1) is 13.0. The number of anilines is 1. The normalized spacial score (nSPS) is 23.9. The minimum absolute atomic E-state index is 0.140. The Balaban J connectivity index is 1.35. The minimum Gasteiger partial charge on any atom is -0.319 e. The number of carbonyl (C=O) groups is 1. The van der Waals surface area contributed by atoms with E-state index >= 15 is 0 Å². The molecule has 27 heavy (non-hydrogen) atoms. The number of halogens is 1. The van der Waals surface area contributed by atoms with Crippen molar-refractivity contribution in [3.63, 3.8) is 0 Å². The zero-order chi connectivity index (χ0) is 18.6. The van der Waals surface area contributed by atoms with E-state index in [0.717, 1.165) is 31.6 Å². The van der Waals surface area contributed by atoms with E-state index < -0.39 is 11.7 Å². The van der Waals surface area contributed by atoms with E-state index in [4.69, 9.17) is 0 Å². The Morgan fingerprint density at radius 2 is 2.26 bits per heavy atom. The van der Waals surface area contributed by atoms with Crippen molar-refractivity contribution in [3.8, 4) is 0 Å². The summed E-state index contributed by atoms with van der Waals surface area (Å²) in [5.74, 6) is -0.291. The predicted molar refractivity (Wildman–Crippen MR) is 97.1 cm³/mol. The molecule has 0 unspecified atom stereocenters. The second-order valence-electron chi connectivity index (χ2n) is 7.44. The molecule has 4 heterocycles. The van der Waals surface area contributed by atoms with Gasteiger partial charge in [-0.25, -0.2) is 14.4 Å². The van der Waals surface area contributed by atoms with E-state index in [9.17, 15) is 9.18 Å². The maximum atomic E-state index is 14.2. The lowest BCUT2D eigenvalue weighted by molar-refractivity contribution is 0.102. The molecule has 2 fully saturated rings. The summed E-state index contributed by atoms with van der Waals surface area (Å²) in [6.07, 6.45) is 8.73. The quantitative estimate of drug-likeness (QED) is 0.741. The van der Waals surface area contributed by atoms with Crippen LogP contribution in [0.3, 0.4) is 0 Å². The molecule has 0 aromatic carbocycles. The van der Waals surface area contributed by atoms with Crippen molar-refractivity contribution >= 4 is 17.2 Å². The molecule has 2 atom stereocenters. The van der Waals surface area contributed by atoms with Gasteiger partial charge in [-0.2, -0.15) is 0 Å². The molecular formula is C19H19FN6O. The third-order valence-electron chi connectivity index (χ3n) is 5.65. The molecule has 3 aromatic heterocycles. The van der Waals surface area contributed by atoms with Crippen LogP contribution in [0, 0.1) is 18.7 Å². The molecule has 1 aliphatic heterocycles. The number of pyridine rings is 1. The van der Waals surface area contributed by atoms with Crippen LogP contribution in [0.4, 0.5) is 10.1 Å². The van der Waals surface area contributed by atoms with E-state index in [1.807, 2.05) is 0 Å². The third-order valence-corrected chi connectivity index (χ3v) is 5.65. The van der Waals surface area contributed by atoms with Gasteiger partial charge >= 0.3 is 0 Å². The summed E-state index contributed by atoms with van der Waals surface area (Å²) in [6, 6.07) is 1.25. The van der Waals surface area contributed by atoms with Crippen molar-refractivity contribution in [2.75, 3.05) is 18.4 Å². The van der Waals surface area contributed by atoms with Crippen LogP contribution in [-0.2, 0) is 5.41 Å².